The van der Waals surface area contributed by atoms with E-state index in [0.29, 0.717) is 5.01 Å². The van der Waals surface area contributed by atoms with Crippen LogP contribution in [0, 0.1) is 23.7 Å². The van der Waals surface area contributed by atoms with Crippen molar-refractivity contribution in [3.05, 3.63) is 21.7 Å². The summed E-state index contributed by atoms with van der Waals surface area (Å²) in [5.74, 6) is -0.150. The zero-order valence-electron chi connectivity index (χ0n) is 9.87. The molecule has 0 spiro atoms. The molecule has 0 aliphatic rings. The van der Waals surface area contributed by atoms with Crippen LogP contribution in [0.1, 0.15) is 31.5 Å². The molecule has 1 rings (SSSR count). The van der Waals surface area contributed by atoms with Crippen LogP contribution in [0.25, 0.3) is 6.08 Å². The SMILES string of the molecule is Cc1csc(/C=C(\C#N)C(=O)C(C)(C)C)n1. The number of hydrogen-bond acceptors (Lipinski definition) is 4. The highest BCUT2D eigenvalue weighted by Crippen LogP contribution is 2.22. The molecule has 4 heteroatoms. The fourth-order valence-corrected chi connectivity index (χ4v) is 1.84. The van der Waals surface area contributed by atoms with Gasteiger partial charge in [-0.3, -0.25) is 4.79 Å². The normalized spacial score (nSPS) is 12.3. The van der Waals surface area contributed by atoms with Gasteiger partial charge in [-0.1, -0.05) is 20.8 Å². The number of rotatable bonds is 2. The van der Waals surface area contributed by atoms with Gasteiger partial charge >= 0.3 is 0 Å². The lowest BCUT2D eigenvalue weighted by Gasteiger charge is -2.14. The third kappa shape index (κ3) is 3.01. The van der Waals surface area contributed by atoms with E-state index in [-0.39, 0.29) is 11.4 Å². The van der Waals surface area contributed by atoms with Crippen LogP contribution in [-0.4, -0.2) is 10.8 Å². The van der Waals surface area contributed by atoms with Gasteiger partial charge in [0.15, 0.2) is 5.78 Å². The van der Waals surface area contributed by atoms with E-state index in [4.69, 9.17) is 5.26 Å². The number of ketones is 1. The highest BCUT2D eigenvalue weighted by molar-refractivity contribution is 7.10. The molecule has 84 valence electrons. The number of allylic oxidation sites excluding steroid dienone is 1. The molecule has 0 saturated heterocycles. The molecule has 1 aromatic rings. The summed E-state index contributed by atoms with van der Waals surface area (Å²) in [6.07, 6.45) is 1.56. The second kappa shape index (κ2) is 4.58. The zero-order chi connectivity index (χ0) is 12.3. The molecule has 1 heterocycles. The molecule has 0 amide bonds. The summed E-state index contributed by atoms with van der Waals surface area (Å²) in [4.78, 5) is 16.1. The van der Waals surface area contributed by atoms with Crippen LogP contribution in [0.4, 0.5) is 0 Å². The topological polar surface area (TPSA) is 53.8 Å². The van der Waals surface area contributed by atoms with Gasteiger partial charge < -0.3 is 0 Å². The van der Waals surface area contributed by atoms with E-state index in [0.717, 1.165) is 5.69 Å². The zero-order valence-corrected chi connectivity index (χ0v) is 10.7. The Balaban J connectivity index is 3.05. The molecule has 0 saturated carbocycles. The van der Waals surface area contributed by atoms with Gasteiger partial charge in [-0.25, -0.2) is 4.98 Å². The van der Waals surface area contributed by atoms with Gasteiger partial charge in [0.2, 0.25) is 0 Å². The number of carbonyl (C=O) groups is 1. The molecular formula is C12H14N2OS. The number of thiazole rings is 1. The number of hydrogen-bond donors (Lipinski definition) is 0. The maximum absolute atomic E-state index is 11.9. The van der Waals surface area contributed by atoms with Crippen molar-refractivity contribution in [2.45, 2.75) is 27.7 Å². The number of nitrogens with zero attached hydrogens (tertiary/aromatic N) is 2. The fraction of sp³-hybridized carbons (Fsp3) is 0.417. The molecule has 0 atom stereocenters. The molecule has 0 bridgehead atoms. The van der Waals surface area contributed by atoms with Gasteiger partial charge in [-0.2, -0.15) is 5.26 Å². The second-order valence-electron chi connectivity index (χ2n) is 4.58. The molecule has 0 aromatic carbocycles. The van der Waals surface area contributed by atoms with Crippen LogP contribution in [-0.2, 0) is 4.79 Å². The molecule has 16 heavy (non-hydrogen) atoms. The average molecular weight is 234 g/mol. The Morgan fingerprint density at radius 3 is 2.56 bits per heavy atom. The Morgan fingerprint density at radius 2 is 2.19 bits per heavy atom. The Kier molecular flexibility index (Phi) is 3.61. The van der Waals surface area contributed by atoms with Gasteiger partial charge in [-0.15, -0.1) is 11.3 Å². The number of aromatic nitrogens is 1. The van der Waals surface area contributed by atoms with Gasteiger partial charge in [0, 0.05) is 16.5 Å². The first kappa shape index (κ1) is 12.6. The summed E-state index contributed by atoms with van der Waals surface area (Å²) in [5, 5.41) is 11.6. The number of aryl methyl sites for hydroxylation is 1. The molecule has 1 aromatic heterocycles. The van der Waals surface area contributed by atoms with Crippen molar-refractivity contribution >= 4 is 23.2 Å². The Labute approximate surface area is 99.4 Å². The summed E-state index contributed by atoms with van der Waals surface area (Å²) in [6.45, 7) is 7.28. The van der Waals surface area contributed by atoms with E-state index >= 15 is 0 Å². The van der Waals surface area contributed by atoms with Gasteiger partial charge in [0.1, 0.15) is 11.1 Å². The predicted molar refractivity (Wildman–Crippen MR) is 64.9 cm³/mol. The van der Waals surface area contributed by atoms with Gasteiger partial charge in [0.25, 0.3) is 0 Å². The van der Waals surface area contributed by atoms with E-state index in [9.17, 15) is 4.79 Å². The van der Waals surface area contributed by atoms with Gasteiger partial charge in [0.05, 0.1) is 5.57 Å². The summed E-state index contributed by atoms with van der Waals surface area (Å²) in [7, 11) is 0. The lowest BCUT2D eigenvalue weighted by atomic mass is 9.86. The molecule has 0 aliphatic carbocycles. The highest BCUT2D eigenvalue weighted by atomic mass is 32.1. The van der Waals surface area contributed by atoms with E-state index in [1.54, 1.807) is 26.8 Å². The van der Waals surface area contributed by atoms with Crippen molar-refractivity contribution in [3.63, 3.8) is 0 Å². The quantitative estimate of drug-likeness (QED) is 0.584. The smallest absolute Gasteiger partial charge is 0.178 e. The van der Waals surface area contributed by atoms with E-state index in [1.807, 2.05) is 18.4 Å². The molecule has 0 N–H and O–H groups in total. The Morgan fingerprint density at radius 1 is 1.56 bits per heavy atom. The molecular weight excluding hydrogens is 220 g/mol. The van der Waals surface area contributed by atoms with Crippen molar-refractivity contribution in [1.29, 1.82) is 5.26 Å². The predicted octanol–water partition coefficient (Wildman–Crippen LogP) is 2.97. The summed E-state index contributed by atoms with van der Waals surface area (Å²) in [5.41, 5.74) is 0.534. The molecule has 0 fully saturated rings. The lowest BCUT2D eigenvalue weighted by Crippen LogP contribution is -2.21. The summed E-state index contributed by atoms with van der Waals surface area (Å²) >= 11 is 1.43. The first-order chi connectivity index (χ1) is 7.34. The van der Waals surface area contributed by atoms with Crippen LogP contribution in [0.15, 0.2) is 11.0 Å². The van der Waals surface area contributed by atoms with Crippen molar-refractivity contribution in [2.75, 3.05) is 0 Å². The minimum Gasteiger partial charge on any atom is -0.293 e. The van der Waals surface area contributed by atoms with Crippen LogP contribution in [0.5, 0.6) is 0 Å². The number of nitriles is 1. The third-order valence-electron chi connectivity index (χ3n) is 1.95. The van der Waals surface area contributed by atoms with Crippen molar-refractivity contribution < 1.29 is 4.79 Å². The van der Waals surface area contributed by atoms with Crippen LogP contribution in [0.3, 0.4) is 0 Å². The average Bonchev–Trinajstić information content (AvgIpc) is 2.58. The first-order valence-corrected chi connectivity index (χ1v) is 5.81. The number of carbonyl (C=O) groups excluding carboxylic acids is 1. The maximum atomic E-state index is 11.9. The molecule has 3 nitrogen and oxygen atoms in total. The van der Waals surface area contributed by atoms with E-state index < -0.39 is 5.41 Å². The summed E-state index contributed by atoms with van der Waals surface area (Å²) in [6, 6.07) is 1.94. The van der Waals surface area contributed by atoms with Crippen molar-refractivity contribution in [3.8, 4) is 6.07 Å². The molecule has 0 unspecified atom stereocenters. The van der Waals surface area contributed by atoms with Crippen LogP contribution in [0.2, 0.25) is 0 Å². The maximum Gasteiger partial charge on any atom is 0.178 e. The minimum atomic E-state index is -0.534. The van der Waals surface area contributed by atoms with Crippen molar-refractivity contribution in [1.82, 2.24) is 4.98 Å². The van der Waals surface area contributed by atoms with E-state index in [1.165, 1.54) is 11.3 Å². The van der Waals surface area contributed by atoms with E-state index in [2.05, 4.69) is 4.98 Å². The third-order valence-corrected chi connectivity index (χ3v) is 2.86. The molecule has 0 radical (unpaired) electrons. The minimum absolute atomic E-state index is 0.150. The monoisotopic (exact) mass is 234 g/mol. The first-order valence-electron chi connectivity index (χ1n) is 4.93. The fourth-order valence-electron chi connectivity index (χ4n) is 1.11. The number of Topliss-reactive ketones (excluding diaryl/α,β-unsaturated/α-hetero) is 1. The lowest BCUT2D eigenvalue weighted by molar-refractivity contribution is -0.121. The van der Waals surface area contributed by atoms with Crippen molar-refractivity contribution in [2.24, 2.45) is 5.41 Å². The Bertz CT molecular complexity index is 472. The standard InChI is InChI=1S/C12H14N2OS/c1-8-7-16-10(14-8)5-9(6-13)11(15)12(2,3)4/h5,7H,1-4H3/b9-5+. The van der Waals surface area contributed by atoms with Crippen LogP contribution >= 0.6 is 11.3 Å². The summed E-state index contributed by atoms with van der Waals surface area (Å²) < 4.78 is 0. The second-order valence-corrected chi connectivity index (χ2v) is 5.47. The molecule has 0 aliphatic heterocycles. The highest BCUT2D eigenvalue weighted by Gasteiger charge is 2.25. The van der Waals surface area contributed by atoms with Gasteiger partial charge in [-0.05, 0) is 13.0 Å². The Hall–Kier alpha value is -1.47. The van der Waals surface area contributed by atoms with Crippen LogP contribution < -0.4 is 0 Å². The largest absolute Gasteiger partial charge is 0.293 e.